The lowest BCUT2D eigenvalue weighted by atomic mass is 9.98. The molecule has 0 aliphatic rings. The van der Waals surface area contributed by atoms with Gasteiger partial charge < -0.3 is 10.0 Å². The van der Waals surface area contributed by atoms with Crippen LogP contribution in [0.25, 0.3) is 5.69 Å². The van der Waals surface area contributed by atoms with Gasteiger partial charge >= 0.3 is 6.18 Å². The molecule has 1 aromatic heterocycles. The van der Waals surface area contributed by atoms with E-state index >= 15 is 0 Å². The molecule has 2 aromatic carbocycles. The van der Waals surface area contributed by atoms with Gasteiger partial charge in [-0.1, -0.05) is 36.4 Å². The van der Waals surface area contributed by atoms with E-state index in [0.29, 0.717) is 0 Å². The maximum absolute atomic E-state index is 13.9. The van der Waals surface area contributed by atoms with E-state index in [1.54, 1.807) is 49.3 Å². The van der Waals surface area contributed by atoms with Gasteiger partial charge in [-0.25, -0.2) is 4.98 Å². The van der Waals surface area contributed by atoms with Crippen molar-refractivity contribution >= 4 is 5.78 Å². The standard InChI is InChI=1S/C21H20F3N3O2/c1-26(2)12-18-25-11-15(13-28)27(18)19-16(9-6-10-17(19)21(22,23)24)20(29)14-7-4-3-5-8-14/h3-11,28H,12-13H2,1-2H3. The molecule has 0 saturated carbocycles. The van der Waals surface area contributed by atoms with Crippen LogP contribution in [0.15, 0.2) is 54.7 Å². The molecule has 8 heteroatoms. The van der Waals surface area contributed by atoms with E-state index in [0.717, 1.165) is 6.07 Å². The van der Waals surface area contributed by atoms with E-state index in [1.807, 2.05) is 0 Å². The van der Waals surface area contributed by atoms with Gasteiger partial charge in [0, 0.05) is 11.1 Å². The van der Waals surface area contributed by atoms with Crippen molar-refractivity contribution in [2.45, 2.75) is 19.3 Å². The average Bonchev–Trinajstić information content (AvgIpc) is 3.08. The highest BCUT2D eigenvalue weighted by Gasteiger charge is 2.37. The van der Waals surface area contributed by atoms with Gasteiger partial charge in [0.15, 0.2) is 5.78 Å². The van der Waals surface area contributed by atoms with E-state index in [2.05, 4.69) is 4.98 Å². The second-order valence-electron chi connectivity index (χ2n) is 6.79. The molecule has 152 valence electrons. The molecule has 29 heavy (non-hydrogen) atoms. The van der Waals surface area contributed by atoms with Gasteiger partial charge in [0.1, 0.15) is 5.82 Å². The normalized spacial score (nSPS) is 11.8. The number of carbonyl (C=O) groups excluding carboxylic acids is 1. The van der Waals surface area contributed by atoms with Gasteiger partial charge in [0.25, 0.3) is 0 Å². The minimum Gasteiger partial charge on any atom is -0.390 e. The van der Waals surface area contributed by atoms with Crippen LogP contribution in [0.3, 0.4) is 0 Å². The van der Waals surface area contributed by atoms with Crippen molar-refractivity contribution in [2.75, 3.05) is 14.1 Å². The summed E-state index contributed by atoms with van der Waals surface area (Å²) in [7, 11) is 3.51. The average molecular weight is 403 g/mol. The smallest absolute Gasteiger partial charge is 0.390 e. The van der Waals surface area contributed by atoms with Crippen LogP contribution >= 0.6 is 0 Å². The summed E-state index contributed by atoms with van der Waals surface area (Å²) >= 11 is 0. The highest BCUT2D eigenvalue weighted by Crippen LogP contribution is 2.37. The number of rotatable bonds is 6. The van der Waals surface area contributed by atoms with Crippen LogP contribution in [0.5, 0.6) is 0 Å². The number of aliphatic hydroxyl groups is 1. The number of para-hydroxylation sites is 1. The quantitative estimate of drug-likeness (QED) is 0.638. The lowest BCUT2D eigenvalue weighted by molar-refractivity contribution is -0.137. The van der Waals surface area contributed by atoms with Crippen LogP contribution in [0.1, 0.15) is 33.0 Å². The van der Waals surface area contributed by atoms with Crippen molar-refractivity contribution in [3.8, 4) is 5.69 Å². The molecule has 0 amide bonds. The minimum absolute atomic E-state index is 0.112. The molecule has 1 N–H and O–H groups in total. The number of benzene rings is 2. The van der Waals surface area contributed by atoms with E-state index in [4.69, 9.17) is 0 Å². The van der Waals surface area contributed by atoms with Crippen molar-refractivity contribution in [1.29, 1.82) is 0 Å². The lowest BCUT2D eigenvalue weighted by Crippen LogP contribution is -2.21. The number of hydrogen-bond acceptors (Lipinski definition) is 4. The molecule has 3 aromatic rings. The zero-order chi connectivity index (χ0) is 21.2. The van der Waals surface area contributed by atoms with E-state index in [1.165, 1.54) is 22.9 Å². The van der Waals surface area contributed by atoms with Crippen LogP contribution in [0.4, 0.5) is 13.2 Å². The number of imidazole rings is 1. The van der Waals surface area contributed by atoms with Crippen LogP contribution < -0.4 is 0 Å². The summed E-state index contributed by atoms with van der Waals surface area (Å²) in [6, 6.07) is 11.6. The fraction of sp³-hybridized carbons (Fsp3) is 0.238. The fourth-order valence-corrected chi connectivity index (χ4v) is 3.15. The summed E-state index contributed by atoms with van der Waals surface area (Å²) in [4.78, 5) is 19.0. The van der Waals surface area contributed by atoms with Gasteiger partial charge in [-0.3, -0.25) is 9.36 Å². The Labute approximate surface area is 166 Å². The SMILES string of the molecule is CN(C)Cc1ncc(CO)n1-c1c(C(=O)c2ccccc2)cccc1C(F)(F)F. The summed E-state index contributed by atoms with van der Waals surface area (Å²) in [5.41, 5.74) is -0.966. The van der Waals surface area contributed by atoms with Crippen LogP contribution in [-0.2, 0) is 19.3 Å². The number of aromatic nitrogens is 2. The Morgan fingerprint density at radius 3 is 2.38 bits per heavy atom. The Hall–Kier alpha value is -2.97. The van der Waals surface area contributed by atoms with Crippen LogP contribution in [0, 0.1) is 0 Å². The van der Waals surface area contributed by atoms with Crippen molar-refractivity contribution in [3.05, 3.63) is 82.9 Å². The van der Waals surface area contributed by atoms with E-state index in [9.17, 15) is 23.1 Å². The van der Waals surface area contributed by atoms with Crippen molar-refractivity contribution in [2.24, 2.45) is 0 Å². The molecule has 0 aliphatic carbocycles. The molecule has 0 unspecified atom stereocenters. The molecule has 0 saturated heterocycles. The molecule has 0 aliphatic heterocycles. The molecule has 3 rings (SSSR count). The third kappa shape index (κ3) is 4.23. The number of hydrogen-bond donors (Lipinski definition) is 1. The Balaban J connectivity index is 2.33. The number of alkyl halides is 3. The Morgan fingerprint density at radius 2 is 1.79 bits per heavy atom. The third-order valence-corrected chi connectivity index (χ3v) is 4.37. The molecular weight excluding hydrogens is 383 g/mol. The topological polar surface area (TPSA) is 58.4 Å². The number of carbonyl (C=O) groups is 1. The molecule has 0 atom stereocenters. The minimum atomic E-state index is -4.70. The summed E-state index contributed by atoms with van der Waals surface area (Å²) in [6.07, 6.45) is -3.38. The predicted octanol–water partition coefficient (Wildman–Crippen LogP) is 3.68. The molecule has 5 nitrogen and oxygen atoms in total. The number of aliphatic hydroxyl groups excluding tert-OH is 1. The first kappa shape index (κ1) is 20.8. The Bertz CT molecular complexity index is 1010. The van der Waals surface area contributed by atoms with Crippen LogP contribution in [-0.4, -0.2) is 39.4 Å². The first-order valence-electron chi connectivity index (χ1n) is 8.85. The molecular formula is C21H20F3N3O2. The summed E-state index contributed by atoms with van der Waals surface area (Å²) in [5, 5.41) is 9.73. The molecule has 0 spiro atoms. The summed E-state index contributed by atoms with van der Waals surface area (Å²) in [6.45, 7) is -0.295. The lowest BCUT2D eigenvalue weighted by Gasteiger charge is -2.21. The molecule has 0 fully saturated rings. The first-order chi connectivity index (χ1) is 13.7. The van der Waals surface area contributed by atoms with Crippen molar-refractivity contribution in [3.63, 3.8) is 0 Å². The van der Waals surface area contributed by atoms with Gasteiger partial charge in [-0.05, 0) is 26.2 Å². The summed E-state index contributed by atoms with van der Waals surface area (Å²) in [5.74, 6) is -0.252. The Morgan fingerprint density at radius 1 is 1.10 bits per heavy atom. The highest BCUT2D eigenvalue weighted by atomic mass is 19.4. The molecule has 1 heterocycles. The zero-order valence-electron chi connectivity index (χ0n) is 15.9. The fourth-order valence-electron chi connectivity index (χ4n) is 3.15. The number of ketones is 1. The first-order valence-corrected chi connectivity index (χ1v) is 8.85. The van der Waals surface area contributed by atoms with Gasteiger partial charge in [-0.15, -0.1) is 0 Å². The van der Waals surface area contributed by atoms with Crippen LogP contribution in [0.2, 0.25) is 0 Å². The maximum atomic E-state index is 13.9. The largest absolute Gasteiger partial charge is 0.418 e. The molecule has 0 radical (unpaired) electrons. The van der Waals surface area contributed by atoms with Crippen molar-refractivity contribution < 1.29 is 23.1 Å². The number of halogens is 3. The van der Waals surface area contributed by atoms with E-state index in [-0.39, 0.29) is 34.9 Å². The molecule has 0 bridgehead atoms. The second kappa shape index (κ2) is 8.18. The van der Waals surface area contributed by atoms with Gasteiger partial charge in [-0.2, -0.15) is 13.2 Å². The second-order valence-corrected chi connectivity index (χ2v) is 6.79. The monoisotopic (exact) mass is 403 g/mol. The summed E-state index contributed by atoms with van der Waals surface area (Å²) < 4.78 is 42.9. The van der Waals surface area contributed by atoms with Crippen molar-refractivity contribution in [1.82, 2.24) is 14.5 Å². The van der Waals surface area contributed by atoms with Gasteiger partial charge in [0.05, 0.1) is 36.3 Å². The van der Waals surface area contributed by atoms with E-state index < -0.39 is 24.1 Å². The maximum Gasteiger partial charge on any atom is 0.418 e. The van der Waals surface area contributed by atoms with Gasteiger partial charge in [0.2, 0.25) is 0 Å². The third-order valence-electron chi connectivity index (χ3n) is 4.37. The highest BCUT2D eigenvalue weighted by molar-refractivity contribution is 6.11. The number of nitrogens with zero attached hydrogens (tertiary/aromatic N) is 3. The Kier molecular flexibility index (Phi) is 5.86. The predicted molar refractivity (Wildman–Crippen MR) is 102 cm³/mol. The zero-order valence-corrected chi connectivity index (χ0v) is 15.9.